The van der Waals surface area contributed by atoms with Crippen LogP contribution >= 0.6 is 0 Å². The van der Waals surface area contributed by atoms with Gasteiger partial charge in [-0.2, -0.15) is 0 Å². The Bertz CT molecular complexity index is 1120. The highest BCUT2D eigenvalue weighted by Gasteiger charge is 2.25. The zero-order valence-corrected chi connectivity index (χ0v) is 19.3. The van der Waals surface area contributed by atoms with Crippen LogP contribution in [0, 0.1) is 24.0 Å². The molecule has 0 spiro atoms. The van der Waals surface area contributed by atoms with E-state index < -0.39 is 4.92 Å². The SMILES string of the molecule is COc1c(CO)cc(C)cc1-c1cc([N+](=O)[O-])cc(-c2cc(C)cc(CO)c2OC)c1OC. The smallest absolute Gasteiger partial charge is 0.270 e. The van der Waals surface area contributed by atoms with E-state index >= 15 is 0 Å². The second-order valence-electron chi connectivity index (χ2n) is 7.66. The maximum absolute atomic E-state index is 11.9. The van der Waals surface area contributed by atoms with Crippen LogP contribution in [0.5, 0.6) is 17.2 Å². The largest absolute Gasteiger partial charge is 0.496 e. The van der Waals surface area contributed by atoms with Gasteiger partial charge < -0.3 is 24.4 Å². The summed E-state index contributed by atoms with van der Waals surface area (Å²) < 4.78 is 16.9. The fraction of sp³-hybridized carbons (Fsp3) is 0.280. The molecule has 8 heteroatoms. The van der Waals surface area contributed by atoms with Crippen molar-refractivity contribution in [2.45, 2.75) is 27.1 Å². The van der Waals surface area contributed by atoms with E-state index in [-0.39, 0.29) is 18.9 Å². The lowest BCUT2D eigenvalue weighted by Gasteiger charge is -2.20. The van der Waals surface area contributed by atoms with Crippen molar-refractivity contribution in [1.82, 2.24) is 0 Å². The Kier molecular flexibility index (Phi) is 7.20. The molecular formula is C25H27NO7. The third-order valence-electron chi connectivity index (χ3n) is 5.44. The first-order chi connectivity index (χ1) is 15.8. The van der Waals surface area contributed by atoms with Gasteiger partial charge in [0.1, 0.15) is 17.2 Å². The Balaban J connectivity index is 2.49. The number of methoxy groups -OCH3 is 3. The lowest BCUT2D eigenvalue weighted by atomic mass is 9.91. The minimum absolute atomic E-state index is 0.149. The Morgan fingerprint density at radius 2 is 1.06 bits per heavy atom. The summed E-state index contributed by atoms with van der Waals surface area (Å²) in [5, 5.41) is 31.6. The van der Waals surface area contributed by atoms with Crippen molar-refractivity contribution in [1.29, 1.82) is 0 Å². The number of rotatable bonds is 8. The molecule has 0 aliphatic heterocycles. The van der Waals surface area contributed by atoms with Crippen LogP contribution in [-0.4, -0.2) is 36.5 Å². The first-order valence-electron chi connectivity index (χ1n) is 10.2. The number of aliphatic hydroxyl groups excluding tert-OH is 2. The predicted octanol–water partition coefficient (Wildman–Crippen LogP) is 4.56. The average Bonchev–Trinajstić information content (AvgIpc) is 2.81. The van der Waals surface area contributed by atoms with Crippen LogP contribution in [0.1, 0.15) is 22.3 Å². The minimum Gasteiger partial charge on any atom is -0.496 e. The van der Waals surface area contributed by atoms with E-state index in [2.05, 4.69) is 0 Å². The van der Waals surface area contributed by atoms with E-state index in [1.54, 1.807) is 12.1 Å². The molecule has 3 aromatic carbocycles. The summed E-state index contributed by atoms with van der Waals surface area (Å²) in [4.78, 5) is 11.4. The van der Waals surface area contributed by atoms with E-state index in [4.69, 9.17) is 14.2 Å². The Morgan fingerprint density at radius 3 is 1.36 bits per heavy atom. The molecule has 0 aromatic heterocycles. The number of aliphatic hydroxyl groups is 2. The van der Waals surface area contributed by atoms with Gasteiger partial charge in [0.15, 0.2) is 0 Å². The summed E-state index contributed by atoms with van der Waals surface area (Å²) in [6, 6.07) is 10.1. The van der Waals surface area contributed by atoms with Crippen molar-refractivity contribution >= 4 is 5.69 Å². The number of non-ortho nitro benzene ring substituents is 1. The van der Waals surface area contributed by atoms with Gasteiger partial charge in [-0.1, -0.05) is 12.1 Å². The molecule has 0 saturated heterocycles. The molecule has 174 valence electrons. The molecule has 0 unspecified atom stereocenters. The van der Waals surface area contributed by atoms with Gasteiger partial charge >= 0.3 is 0 Å². The van der Waals surface area contributed by atoms with Gasteiger partial charge in [0.2, 0.25) is 0 Å². The maximum atomic E-state index is 11.9. The molecule has 0 amide bonds. The van der Waals surface area contributed by atoms with E-state index in [0.717, 1.165) is 11.1 Å². The fourth-order valence-electron chi connectivity index (χ4n) is 4.15. The standard InChI is InChI=1S/C25H27NO7/c1-14-6-16(12-27)23(31-3)19(8-14)21-10-18(26(29)30)11-22(25(21)33-5)20-9-15(2)7-17(13-28)24(20)32-4/h6-11,27-28H,12-13H2,1-5H3. The number of benzene rings is 3. The summed E-state index contributed by atoms with van der Waals surface area (Å²) in [6.45, 7) is 3.22. The summed E-state index contributed by atoms with van der Waals surface area (Å²) >= 11 is 0. The van der Waals surface area contributed by atoms with Gasteiger partial charge in [0, 0.05) is 45.5 Å². The quantitative estimate of drug-likeness (QED) is 0.380. The molecule has 8 nitrogen and oxygen atoms in total. The first-order valence-corrected chi connectivity index (χ1v) is 10.2. The van der Waals surface area contributed by atoms with Gasteiger partial charge in [-0.3, -0.25) is 10.1 Å². The van der Waals surface area contributed by atoms with E-state index in [9.17, 15) is 20.3 Å². The number of aryl methyl sites for hydroxylation is 2. The van der Waals surface area contributed by atoms with Gasteiger partial charge in [-0.05, 0) is 37.1 Å². The van der Waals surface area contributed by atoms with Crippen LogP contribution in [0.2, 0.25) is 0 Å². The van der Waals surface area contributed by atoms with Gasteiger partial charge in [-0.15, -0.1) is 0 Å². The van der Waals surface area contributed by atoms with Gasteiger partial charge in [0.05, 0.1) is 39.5 Å². The lowest BCUT2D eigenvalue weighted by Crippen LogP contribution is -2.02. The lowest BCUT2D eigenvalue weighted by molar-refractivity contribution is -0.384. The molecule has 3 aromatic rings. The highest BCUT2D eigenvalue weighted by Crippen LogP contribution is 2.48. The number of hydrogen-bond acceptors (Lipinski definition) is 7. The van der Waals surface area contributed by atoms with Crippen LogP contribution in [0.4, 0.5) is 5.69 Å². The molecule has 0 heterocycles. The molecule has 33 heavy (non-hydrogen) atoms. The van der Waals surface area contributed by atoms with E-state index in [1.165, 1.54) is 33.5 Å². The van der Waals surface area contributed by atoms with Crippen molar-refractivity contribution in [3.63, 3.8) is 0 Å². The average molecular weight is 453 g/mol. The Hall–Kier alpha value is -3.62. The highest BCUT2D eigenvalue weighted by atomic mass is 16.6. The number of nitro benzene ring substituents is 1. The molecule has 0 aliphatic rings. The summed E-state index contributed by atoms with van der Waals surface area (Å²) in [5.41, 5.74) is 4.63. The molecule has 0 radical (unpaired) electrons. The summed E-state index contributed by atoms with van der Waals surface area (Å²) in [6.07, 6.45) is 0. The predicted molar refractivity (Wildman–Crippen MR) is 125 cm³/mol. The zero-order chi connectivity index (χ0) is 24.3. The molecule has 0 fully saturated rings. The van der Waals surface area contributed by atoms with Crippen LogP contribution in [0.3, 0.4) is 0 Å². The number of nitro groups is 1. The molecule has 2 N–H and O–H groups in total. The van der Waals surface area contributed by atoms with E-state index in [0.29, 0.717) is 50.6 Å². The molecule has 0 aliphatic carbocycles. The first kappa shape index (κ1) is 24.0. The minimum atomic E-state index is -0.475. The number of ether oxygens (including phenoxy) is 3. The van der Waals surface area contributed by atoms with Gasteiger partial charge in [-0.25, -0.2) is 0 Å². The van der Waals surface area contributed by atoms with Crippen LogP contribution in [0.15, 0.2) is 36.4 Å². The normalized spacial score (nSPS) is 10.8. The van der Waals surface area contributed by atoms with Crippen LogP contribution < -0.4 is 14.2 Å². The second kappa shape index (κ2) is 9.89. The van der Waals surface area contributed by atoms with Crippen LogP contribution in [0.25, 0.3) is 22.3 Å². The van der Waals surface area contributed by atoms with Crippen LogP contribution in [-0.2, 0) is 13.2 Å². The zero-order valence-electron chi connectivity index (χ0n) is 19.3. The summed E-state index contributed by atoms with van der Waals surface area (Å²) in [7, 11) is 4.45. The highest BCUT2D eigenvalue weighted by molar-refractivity contribution is 5.90. The van der Waals surface area contributed by atoms with Crippen molar-refractivity contribution in [3.8, 4) is 39.5 Å². The third-order valence-corrected chi connectivity index (χ3v) is 5.44. The van der Waals surface area contributed by atoms with Crippen molar-refractivity contribution in [2.75, 3.05) is 21.3 Å². The monoisotopic (exact) mass is 453 g/mol. The molecular weight excluding hydrogens is 426 g/mol. The molecule has 0 bridgehead atoms. The molecule has 3 rings (SSSR count). The Morgan fingerprint density at radius 1 is 0.697 bits per heavy atom. The fourth-order valence-corrected chi connectivity index (χ4v) is 4.15. The molecule has 0 atom stereocenters. The maximum Gasteiger partial charge on any atom is 0.270 e. The van der Waals surface area contributed by atoms with E-state index in [1.807, 2.05) is 26.0 Å². The summed E-state index contributed by atoms with van der Waals surface area (Å²) in [5.74, 6) is 1.18. The van der Waals surface area contributed by atoms with Gasteiger partial charge in [0.25, 0.3) is 5.69 Å². The van der Waals surface area contributed by atoms with Crippen molar-refractivity contribution in [2.24, 2.45) is 0 Å². The third kappa shape index (κ3) is 4.48. The van der Waals surface area contributed by atoms with Crippen molar-refractivity contribution < 1.29 is 29.3 Å². The van der Waals surface area contributed by atoms with Crippen molar-refractivity contribution in [3.05, 3.63) is 68.8 Å². The topological polar surface area (TPSA) is 111 Å². The molecule has 0 saturated carbocycles. The number of nitrogens with zero attached hydrogens (tertiary/aromatic N) is 1. The Labute approximate surface area is 192 Å². The second-order valence-corrected chi connectivity index (χ2v) is 7.66. The number of hydrogen-bond donors (Lipinski definition) is 2.